The molecule has 1 aliphatic heterocycles. The van der Waals surface area contributed by atoms with Crippen molar-refractivity contribution < 1.29 is 14.6 Å². The van der Waals surface area contributed by atoms with Crippen molar-refractivity contribution in [3.63, 3.8) is 0 Å². The third kappa shape index (κ3) is 2.57. The van der Waals surface area contributed by atoms with Gasteiger partial charge in [-0.1, -0.05) is 36.4 Å². The van der Waals surface area contributed by atoms with Gasteiger partial charge in [0.25, 0.3) is 0 Å². The number of rotatable bonds is 4. The van der Waals surface area contributed by atoms with Crippen LogP contribution in [0.5, 0.6) is 0 Å². The third-order valence-electron chi connectivity index (χ3n) is 2.95. The molecule has 3 nitrogen and oxygen atoms in total. The Kier molecular flexibility index (Phi) is 3.94. The van der Waals surface area contributed by atoms with Crippen LogP contribution in [0.25, 0.3) is 0 Å². The van der Waals surface area contributed by atoms with Crippen LogP contribution in [0, 0.1) is 0 Å². The van der Waals surface area contributed by atoms with E-state index in [2.05, 4.69) is 6.58 Å². The van der Waals surface area contributed by atoms with E-state index in [0.717, 1.165) is 12.0 Å². The van der Waals surface area contributed by atoms with Crippen molar-refractivity contribution in [1.82, 2.24) is 0 Å². The van der Waals surface area contributed by atoms with Gasteiger partial charge in [-0.25, -0.2) is 0 Å². The van der Waals surface area contributed by atoms with E-state index in [0.29, 0.717) is 19.6 Å². The van der Waals surface area contributed by atoms with Crippen LogP contribution >= 0.6 is 0 Å². The number of hydrogen-bond donors (Lipinski definition) is 1. The average Bonchev–Trinajstić information content (AvgIpc) is 2.41. The van der Waals surface area contributed by atoms with E-state index in [1.165, 1.54) is 0 Å². The molecular weight excluding hydrogens is 216 g/mol. The van der Waals surface area contributed by atoms with Gasteiger partial charge in [0.15, 0.2) is 6.29 Å². The van der Waals surface area contributed by atoms with Gasteiger partial charge < -0.3 is 14.6 Å². The van der Waals surface area contributed by atoms with Crippen molar-refractivity contribution in [1.29, 1.82) is 0 Å². The van der Waals surface area contributed by atoms with Crippen molar-refractivity contribution in [2.24, 2.45) is 0 Å². The molecule has 2 rings (SSSR count). The summed E-state index contributed by atoms with van der Waals surface area (Å²) >= 11 is 0. The van der Waals surface area contributed by atoms with E-state index < -0.39 is 11.9 Å². The molecule has 92 valence electrons. The number of benzene rings is 1. The molecule has 1 atom stereocenters. The Labute approximate surface area is 102 Å². The average molecular weight is 234 g/mol. The van der Waals surface area contributed by atoms with Crippen LogP contribution in [-0.2, 0) is 15.1 Å². The smallest absolute Gasteiger partial charge is 0.190 e. The highest BCUT2D eigenvalue weighted by Crippen LogP contribution is 2.33. The highest BCUT2D eigenvalue weighted by atomic mass is 16.7. The molecular formula is C14H18O3. The van der Waals surface area contributed by atoms with Gasteiger partial charge >= 0.3 is 0 Å². The summed E-state index contributed by atoms with van der Waals surface area (Å²) in [7, 11) is 0. The van der Waals surface area contributed by atoms with Gasteiger partial charge in [0.1, 0.15) is 5.60 Å². The van der Waals surface area contributed by atoms with Gasteiger partial charge in [0, 0.05) is 6.42 Å². The molecule has 1 fully saturated rings. The molecule has 1 aromatic rings. The Hall–Kier alpha value is -1.16. The van der Waals surface area contributed by atoms with Gasteiger partial charge in [0.05, 0.1) is 13.2 Å². The fourth-order valence-corrected chi connectivity index (χ4v) is 2.06. The van der Waals surface area contributed by atoms with Crippen LogP contribution in [0.2, 0.25) is 0 Å². The second kappa shape index (κ2) is 5.45. The van der Waals surface area contributed by atoms with Gasteiger partial charge in [-0.3, -0.25) is 0 Å². The van der Waals surface area contributed by atoms with Crippen molar-refractivity contribution in [2.45, 2.75) is 24.7 Å². The molecule has 0 bridgehead atoms. The molecule has 1 unspecified atom stereocenters. The van der Waals surface area contributed by atoms with Crippen LogP contribution in [0.4, 0.5) is 0 Å². The van der Waals surface area contributed by atoms with Crippen LogP contribution in [0.3, 0.4) is 0 Å². The molecule has 0 saturated carbocycles. The second-order valence-electron chi connectivity index (χ2n) is 4.21. The number of ether oxygens (including phenoxy) is 2. The summed E-state index contributed by atoms with van der Waals surface area (Å²) in [6.07, 6.45) is 2.35. The number of aliphatic hydroxyl groups is 1. The summed E-state index contributed by atoms with van der Waals surface area (Å²) < 4.78 is 11.1. The lowest BCUT2D eigenvalue weighted by Gasteiger charge is -2.37. The van der Waals surface area contributed by atoms with Crippen LogP contribution in [0.15, 0.2) is 43.0 Å². The quantitative estimate of drug-likeness (QED) is 0.812. The first-order chi connectivity index (χ1) is 8.27. The topological polar surface area (TPSA) is 38.7 Å². The van der Waals surface area contributed by atoms with E-state index in [-0.39, 0.29) is 0 Å². The summed E-state index contributed by atoms with van der Waals surface area (Å²) in [5.74, 6) is 0. The maximum Gasteiger partial charge on any atom is 0.190 e. The lowest BCUT2D eigenvalue weighted by atomic mass is 9.89. The minimum Gasteiger partial charge on any atom is -0.379 e. The normalized spacial score (nSPS) is 20.8. The molecule has 0 spiro atoms. The highest BCUT2D eigenvalue weighted by molar-refractivity contribution is 5.24. The summed E-state index contributed by atoms with van der Waals surface area (Å²) in [6.45, 7) is 4.94. The lowest BCUT2D eigenvalue weighted by Crippen LogP contribution is -2.45. The lowest BCUT2D eigenvalue weighted by molar-refractivity contribution is -0.265. The Morgan fingerprint density at radius 1 is 1.29 bits per heavy atom. The van der Waals surface area contributed by atoms with Crippen LogP contribution in [0.1, 0.15) is 18.4 Å². The molecule has 0 aromatic heterocycles. The first kappa shape index (κ1) is 12.3. The predicted molar refractivity (Wildman–Crippen MR) is 65.5 cm³/mol. The minimum atomic E-state index is -1.15. The van der Waals surface area contributed by atoms with Crippen molar-refractivity contribution in [3.8, 4) is 0 Å². The predicted octanol–water partition coefficient (Wildman–Crippen LogP) is 2.21. The highest BCUT2D eigenvalue weighted by Gasteiger charge is 2.40. The molecule has 17 heavy (non-hydrogen) atoms. The molecule has 1 saturated heterocycles. The zero-order chi connectivity index (χ0) is 12.1. The van der Waals surface area contributed by atoms with E-state index in [9.17, 15) is 5.11 Å². The Morgan fingerprint density at radius 3 is 2.53 bits per heavy atom. The van der Waals surface area contributed by atoms with Gasteiger partial charge in [-0.15, -0.1) is 6.58 Å². The Bertz CT molecular complexity index is 357. The van der Waals surface area contributed by atoms with Crippen LogP contribution in [-0.4, -0.2) is 24.6 Å². The molecule has 0 aliphatic carbocycles. The second-order valence-corrected chi connectivity index (χ2v) is 4.21. The fourth-order valence-electron chi connectivity index (χ4n) is 2.06. The molecule has 1 aliphatic rings. The standard InChI is InChI=1S/C14H18O3/c1-2-9-14(15,12-7-4-3-5-8-12)13-16-10-6-11-17-13/h2-5,7-8,13,15H,1,6,9-11H2. The minimum absolute atomic E-state index is 0.404. The molecule has 1 heterocycles. The SMILES string of the molecule is C=CCC(O)(c1ccccc1)C1OCCCO1. The maximum absolute atomic E-state index is 10.8. The third-order valence-corrected chi connectivity index (χ3v) is 2.95. The van der Waals surface area contributed by atoms with Crippen molar-refractivity contribution >= 4 is 0 Å². The molecule has 0 amide bonds. The molecule has 0 radical (unpaired) electrons. The van der Waals surface area contributed by atoms with Gasteiger partial charge in [0.2, 0.25) is 0 Å². The van der Waals surface area contributed by atoms with Gasteiger partial charge in [-0.05, 0) is 12.0 Å². The van der Waals surface area contributed by atoms with E-state index in [1.807, 2.05) is 30.3 Å². The van der Waals surface area contributed by atoms with E-state index in [4.69, 9.17) is 9.47 Å². The van der Waals surface area contributed by atoms with Crippen molar-refractivity contribution in [2.75, 3.05) is 13.2 Å². The monoisotopic (exact) mass is 234 g/mol. The van der Waals surface area contributed by atoms with E-state index in [1.54, 1.807) is 6.08 Å². The summed E-state index contributed by atoms with van der Waals surface area (Å²) in [5.41, 5.74) is -0.351. The summed E-state index contributed by atoms with van der Waals surface area (Å²) in [6, 6.07) is 9.47. The Morgan fingerprint density at radius 2 is 1.94 bits per heavy atom. The van der Waals surface area contributed by atoms with Gasteiger partial charge in [-0.2, -0.15) is 0 Å². The zero-order valence-corrected chi connectivity index (χ0v) is 9.84. The summed E-state index contributed by atoms with van der Waals surface area (Å²) in [4.78, 5) is 0. The summed E-state index contributed by atoms with van der Waals surface area (Å²) in [5, 5.41) is 10.8. The van der Waals surface area contributed by atoms with E-state index >= 15 is 0 Å². The Balaban J connectivity index is 2.27. The molecule has 1 aromatic carbocycles. The largest absolute Gasteiger partial charge is 0.379 e. The van der Waals surface area contributed by atoms with Crippen molar-refractivity contribution in [3.05, 3.63) is 48.6 Å². The number of hydrogen-bond acceptors (Lipinski definition) is 3. The molecule has 1 N–H and O–H groups in total. The first-order valence-electron chi connectivity index (χ1n) is 5.89. The zero-order valence-electron chi connectivity index (χ0n) is 9.84. The molecule has 3 heteroatoms. The van der Waals surface area contributed by atoms with Crippen LogP contribution < -0.4 is 0 Å². The fraction of sp³-hybridized carbons (Fsp3) is 0.429. The maximum atomic E-state index is 10.8. The first-order valence-corrected chi connectivity index (χ1v) is 5.89.